The predicted octanol–water partition coefficient (Wildman–Crippen LogP) is 4.36. The molecule has 1 amide bonds. The Balaban J connectivity index is 1.68. The number of anilines is 1. The molecule has 8 heteroatoms. The van der Waals surface area contributed by atoms with Crippen LogP contribution in [0.4, 0.5) is 5.13 Å². The molecule has 0 radical (unpaired) electrons. The molecule has 1 aliphatic rings. The van der Waals surface area contributed by atoms with Crippen LogP contribution < -0.4 is 10.1 Å². The molecule has 0 atom stereocenters. The average molecular weight is 431 g/mol. The van der Waals surface area contributed by atoms with Crippen LogP contribution in [0.1, 0.15) is 57.4 Å². The lowest BCUT2D eigenvalue weighted by molar-refractivity contribution is -0.116. The summed E-state index contributed by atoms with van der Waals surface area (Å²) in [5.41, 5.74) is 4.16. The molecule has 0 aliphatic carbocycles. The van der Waals surface area contributed by atoms with Gasteiger partial charge >= 0.3 is 5.97 Å². The third-order valence-electron chi connectivity index (χ3n) is 5.32. The fourth-order valence-electron chi connectivity index (χ4n) is 3.43. The van der Waals surface area contributed by atoms with E-state index in [-0.39, 0.29) is 23.8 Å². The Morgan fingerprint density at radius 3 is 2.70 bits per heavy atom. The fraction of sp³-hybridized carbons (Fsp3) is 0.409. The van der Waals surface area contributed by atoms with E-state index in [4.69, 9.17) is 9.47 Å². The van der Waals surface area contributed by atoms with Crippen molar-refractivity contribution in [3.05, 3.63) is 44.5 Å². The summed E-state index contributed by atoms with van der Waals surface area (Å²) >= 11 is 1.46. The second kappa shape index (κ2) is 8.87. The quantitative estimate of drug-likeness (QED) is 0.500. The molecule has 0 unspecified atom stereocenters. The van der Waals surface area contributed by atoms with Crippen LogP contribution in [-0.2, 0) is 22.6 Å². The van der Waals surface area contributed by atoms with Gasteiger partial charge in [-0.25, -0.2) is 9.78 Å². The van der Waals surface area contributed by atoms with Crippen molar-refractivity contribution in [2.24, 2.45) is 0 Å². The Hall–Kier alpha value is -2.87. The monoisotopic (exact) mass is 430 g/mol. The van der Waals surface area contributed by atoms with Gasteiger partial charge in [0.25, 0.3) is 0 Å². The third kappa shape index (κ3) is 4.33. The van der Waals surface area contributed by atoms with Crippen molar-refractivity contribution in [1.29, 1.82) is 0 Å². The van der Waals surface area contributed by atoms with Crippen molar-refractivity contribution < 1.29 is 24.2 Å². The van der Waals surface area contributed by atoms with E-state index in [1.165, 1.54) is 18.4 Å². The number of nitrogens with one attached hydrogen (secondary N) is 1. The Morgan fingerprint density at radius 2 is 2.07 bits per heavy atom. The minimum absolute atomic E-state index is 0.0898. The van der Waals surface area contributed by atoms with Gasteiger partial charge in [0.15, 0.2) is 5.13 Å². The summed E-state index contributed by atoms with van der Waals surface area (Å²) in [6.45, 7) is 7.82. The van der Waals surface area contributed by atoms with Gasteiger partial charge in [-0.15, -0.1) is 11.3 Å². The number of phenolic OH excluding ortho intramolecular Hbond substituents is 1. The highest BCUT2D eigenvalue weighted by Crippen LogP contribution is 2.42. The number of carbonyl (C=O) groups is 2. The van der Waals surface area contributed by atoms with Crippen LogP contribution in [0.3, 0.4) is 0 Å². The van der Waals surface area contributed by atoms with Crippen molar-refractivity contribution in [1.82, 2.24) is 4.98 Å². The number of carbonyl (C=O) groups excluding carboxylic acids is 2. The molecule has 2 heterocycles. The minimum atomic E-state index is -0.514. The highest BCUT2D eigenvalue weighted by atomic mass is 32.1. The third-order valence-corrected chi connectivity index (χ3v) is 6.31. The van der Waals surface area contributed by atoms with Gasteiger partial charge in [0, 0.05) is 22.4 Å². The van der Waals surface area contributed by atoms with Gasteiger partial charge in [0.1, 0.15) is 23.7 Å². The number of aryl methyl sites for hydroxylation is 2. The van der Waals surface area contributed by atoms with Crippen LogP contribution in [0.2, 0.25) is 0 Å². The van der Waals surface area contributed by atoms with Crippen LogP contribution in [-0.4, -0.2) is 29.1 Å². The summed E-state index contributed by atoms with van der Waals surface area (Å²) in [6, 6.07) is 0. The number of benzene rings is 1. The van der Waals surface area contributed by atoms with Crippen molar-refractivity contribution in [3.8, 4) is 11.5 Å². The molecule has 160 valence electrons. The zero-order valence-electron chi connectivity index (χ0n) is 17.8. The molecule has 0 fully saturated rings. The number of hydrogen-bond acceptors (Lipinski definition) is 7. The van der Waals surface area contributed by atoms with Crippen molar-refractivity contribution in [2.45, 2.75) is 53.6 Å². The van der Waals surface area contributed by atoms with Crippen LogP contribution in [0.5, 0.6) is 11.5 Å². The van der Waals surface area contributed by atoms with Gasteiger partial charge in [-0.05, 0) is 46.1 Å². The zero-order chi connectivity index (χ0) is 22.0. The molecule has 1 aliphatic heterocycles. The number of hydrogen-bond donors (Lipinski definition) is 2. The summed E-state index contributed by atoms with van der Waals surface area (Å²) in [5, 5.41) is 14.1. The van der Waals surface area contributed by atoms with E-state index in [9.17, 15) is 14.7 Å². The molecule has 7 nitrogen and oxygen atoms in total. The number of allylic oxidation sites excluding steroid dienone is 2. The first-order valence-corrected chi connectivity index (χ1v) is 10.5. The maximum absolute atomic E-state index is 12.2. The number of aromatic hydroxyl groups is 1. The number of nitrogens with zero attached hydrogens (tertiary/aromatic N) is 1. The first-order valence-electron chi connectivity index (χ1n) is 9.70. The molecule has 0 saturated heterocycles. The molecule has 0 spiro atoms. The van der Waals surface area contributed by atoms with Crippen LogP contribution in [0, 0.1) is 20.8 Å². The Morgan fingerprint density at radius 1 is 1.33 bits per heavy atom. The number of methoxy groups -OCH3 is 1. The van der Waals surface area contributed by atoms with Crippen molar-refractivity contribution >= 4 is 28.3 Å². The van der Waals surface area contributed by atoms with Crippen LogP contribution >= 0.6 is 11.3 Å². The summed E-state index contributed by atoms with van der Waals surface area (Å²) in [4.78, 5) is 29.6. The van der Waals surface area contributed by atoms with Gasteiger partial charge < -0.3 is 19.9 Å². The van der Waals surface area contributed by atoms with E-state index in [0.29, 0.717) is 41.3 Å². The van der Waals surface area contributed by atoms with E-state index in [0.717, 1.165) is 21.7 Å². The van der Waals surface area contributed by atoms with Gasteiger partial charge in [-0.1, -0.05) is 11.6 Å². The molecule has 2 aromatic rings. The molecule has 3 rings (SSSR count). The first kappa shape index (κ1) is 21.8. The molecule has 1 aromatic heterocycles. The van der Waals surface area contributed by atoms with Gasteiger partial charge in [0.2, 0.25) is 5.91 Å². The van der Waals surface area contributed by atoms with E-state index in [1.54, 1.807) is 0 Å². The Bertz CT molecular complexity index is 1020. The maximum Gasteiger partial charge on any atom is 0.342 e. The molecule has 2 N–H and O–H groups in total. The molecule has 1 aromatic carbocycles. The average Bonchev–Trinajstić information content (AvgIpc) is 3.23. The minimum Gasteiger partial charge on any atom is -0.507 e. The molecule has 0 saturated carbocycles. The van der Waals surface area contributed by atoms with Crippen molar-refractivity contribution in [2.75, 3.05) is 12.4 Å². The standard InChI is InChI=1S/C22H26N2O5S/c1-11(7-9-17(25)24-22-23-13(3)14(4)30-22)6-8-15-19(26)18-16(10-29-21(18)27)12(2)20(15)28-5/h6,26H,7-10H2,1-5H3,(H,23,24,25). The van der Waals surface area contributed by atoms with E-state index in [1.807, 2.05) is 33.8 Å². The highest BCUT2D eigenvalue weighted by Gasteiger charge is 2.31. The number of thiazole rings is 1. The largest absolute Gasteiger partial charge is 0.507 e. The fourth-order valence-corrected chi connectivity index (χ4v) is 4.26. The number of amides is 1. The number of rotatable bonds is 7. The molecule has 0 bridgehead atoms. The lowest BCUT2D eigenvalue weighted by Crippen LogP contribution is -2.11. The van der Waals surface area contributed by atoms with E-state index < -0.39 is 5.97 Å². The van der Waals surface area contributed by atoms with Gasteiger partial charge in [0.05, 0.1) is 12.8 Å². The lowest BCUT2D eigenvalue weighted by atomic mass is 9.94. The SMILES string of the molecule is COc1c(C)c2c(c(O)c1CC=C(C)CCC(=O)Nc1nc(C)c(C)s1)C(=O)OC2. The number of phenols is 1. The van der Waals surface area contributed by atoms with Crippen LogP contribution in [0.15, 0.2) is 11.6 Å². The van der Waals surface area contributed by atoms with E-state index >= 15 is 0 Å². The predicted molar refractivity (Wildman–Crippen MR) is 115 cm³/mol. The number of ether oxygens (including phenoxy) is 2. The smallest absolute Gasteiger partial charge is 0.342 e. The number of aromatic nitrogens is 1. The second-order valence-corrected chi connectivity index (χ2v) is 8.58. The molecule has 30 heavy (non-hydrogen) atoms. The van der Waals surface area contributed by atoms with Crippen LogP contribution in [0.25, 0.3) is 0 Å². The summed E-state index contributed by atoms with van der Waals surface area (Å²) < 4.78 is 10.6. The lowest BCUT2D eigenvalue weighted by Gasteiger charge is -2.15. The van der Waals surface area contributed by atoms with Crippen molar-refractivity contribution in [3.63, 3.8) is 0 Å². The highest BCUT2D eigenvalue weighted by molar-refractivity contribution is 7.15. The number of cyclic esters (lactones) is 1. The van der Waals surface area contributed by atoms with E-state index in [2.05, 4.69) is 10.3 Å². The summed E-state index contributed by atoms with van der Waals surface area (Å²) in [7, 11) is 1.54. The first-order chi connectivity index (χ1) is 14.2. The summed E-state index contributed by atoms with van der Waals surface area (Å²) in [5.74, 6) is -0.139. The maximum atomic E-state index is 12.2. The number of esters is 1. The topological polar surface area (TPSA) is 97.8 Å². The second-order valence-electron chi connectivity index (χ2n) is 7.38. The zero-order valence-corrected chi connectivity index (χ0v) is 18.7. The Labute approximate surface area is 179 Å². The van der Waals surface area contributed by atoms with Gasteiger partial charge in [-0.2, -0.15) is 0 Å². The molecular weight excluding hydrogens is 404 g/mol. The normalized spacial score (nSPS) is 13.2. The Kier molecular flexibility index (Phi) is 6.45. The molecular formula is C22H26N2O5S. The number of fused-ring (bicyclic) bond motifs is 1. The van der Waals surface area contributed by atoms with Gasteiger partial charge in [-0.3, -0.25) is 4.79 Å². The summed E-state index contributed by atoms with van der Waals surface area (Å²) in [6.07, 6.45) is 3.23.